The zero-order valence-corrected chi connectivity index (χ0v) is 8.93. The Hall–Kier alpha value is -2.11. The number of fused-ring (bicyclic) bond motifs is 1. The summed E-state index contributed by atoms with van der Waals surface area (Å²) >= 11 is 0. The molecule has 2 aromatic rings. The molecule has 0 aliphatic carbocycles. The highest BCUT2D eigenvalue weighted by Gasteiger charge is 2.10. The van der Waals surface area contributed by atoms with Crippen LogP contribution in [0, 0.1) is 10.1 Å². The van der Waals surface area contributed by atoms with E-state index in [-0.39, 0.29) is 11.2 Å². The number of hydrogen-bond acceptors (Lipinski definition) is 3. The molecule has 1 aromatic heterocycles. The average Bonchev–Trinajstić information content (AvgIpc) is 2.25. The standard InChI is InChI=1S/C10H9BN2O3/c1-12-5-9(11)7-3-2-6(13(15)16)4-8(7)10(12)14/h2-5H,11H2,1H3. The van der Waals surface area contributed by atoms with Crippen molar-refractivity contribution in [2.24, 2.45) is 7.05 Å². The van der Waals surface area contributed by atoms with Gasteiger partial charge in [-0.25, -0.2) is 0 Å². The van der Waals surface area contributed by atoms with Crippen molar-refractivity contribution in [3.63, 3.8) is 0 Å². The van der Waals surface area contributed by atoms with Gasteiger partial charge in [-0.15, -0.1) is 0 Å². The molecule has 2 rings (SSSR count). The summed E-state index contributed by atoms with van der Waals surface area (Å²) in [4.78, 5) is 21.9. The maximum absolute atomic E-state index is 11.8. The van der Waals surface area contributed by atoms with Crippen LogP contribution in [-0.4, -0.2) is 17.3 Å². The van der Waals surface area contributed by atoms with E-state index < -0.39 is 4.92 Å². The first-order chi connectivity index (χ1) is 7.50. The molecule has 0 spiro atoms. The molecule has 0 radical (unpaired) electrons. The van der Waals surface area contributed by atoms with Crippen LogP contribution in [0.25, 0.3) is 10.8 Å². The molecule has 80 valence electrons. The highest BCUT2D eigenvalue weighted by molar-refractivity contribution is 6.38. The van der Waals surface area contributed by atoms with Gasteiger partial charge in [0, 0.05) is 25.4 Å². The number of non-ortho nitro benzene ring substituents is 1. The van der Waals surface area contributed by atoms with Gasteiger partial charge in [0.2, 0.25) is 0 Å². The third kappa shape index (κ3) is 1.48. The molecule has 16 heavy (non-hydrogen) atoms. The number of aromatic nitrogens is 1. The Bertz CT molecular complexity index is 648. The molecule has 0 fully saturated rings. The SMILES string of the molecule is Bc1cn(C)c(=O)c2cc([N+](=O)[O-])ccc12. The number of rotatable bonds is 1. The Morgan fingerprint density at radius 1 is 1.38 bits per heavy atom. The van der Waals surface area contributed by atoms with Gasteiger partial charge in [-0.2, -0.15) is 0 Å². The maximum Gasteiger partial charge on any atom is 0.270 e. The van der Waals surface area contributed by atoms with E-state index in [1.54, 1.807) is 19.3 Å². The van der Waals surface area contributed by atoms with E-state index in [1.807, 2.05) is 7.85 Å². The Morgan fingerprint density at radius 2 is 2.06 bits per heavy atom. The summed E-state index contributed by atoms with van der Waals surface area (Å²) in [5.74, 6) is 0. The Labute approximate surface area is 91.9 Å². The zero-order chi connectivity index (χ0) is 11.9. The highest BCUT2D eigenvalue weighted by atomic mass is 16.6. The van der Waals surface area contributed by atoms with Crippen LogP contribution < -0.4 is 11.0 Å². The smallest absolute Gasteiger partial charge is 0.270 e. The largest absolute Gasteiger partial charge is 0.319 e. The summed E-state index contributed by atoms with van der Waals surface area (Å²) < 4.78 is 1.43. The second-order valence-electron chi connectivity index (χ2n) is 3.72. The van der Waals surface area contributed by atoms with Crippen LogP contribution in [0.5, 0.6) is 0 Å². The molecule has 6 heteroatoms. The number of nitro groups is 1. The summed E-state index contributed by atoms with van der Waals surface area (Å²) in [6, 6.07) is 4.35. The van der Waals surface area contributed by atoms with Gasteiger partial charge in [0.1, 0.15) is 7.85 Å². The van der Waals surface area contributed by atoms with Gasteiger partial charge in [-0.3, -0.25) is 14.9 Å². The summed E-state index contributed by atoms with van der Waals surface area (Å²) in [6.45, 7) is 0. The molecule has 0 N–H and O–H groups in total. The predicted octanol–water partition coefficient (Wildman–Crippen LogP) is -0.295. The maximum atomic E-state index is 11.8. The van der Waals surface area contributed by atoms with Gasteiger partial charge in [0.15, 0.2) is 0 Å². The molecule has 0 unspecified atom stereocenters. The topological polar surface area (TPSA) is 65.1 Å². The van der Waals surface area contributed by atoms with Gasteiger partial charge in [-0.05, 0) is 11.5 Å². The fraction of sp³-hybridized carbons (Fsp3) is 0.100. The minimum Gasteiger partial charge on any atom is -0.319 e. The van der Waals surface area contributed by atoms with Gasteiger partial charge in [0.05, 0.1) is 10.3 Å². The van der Waals surface area contributed by atoms with E-state index in [9.17, 15) is 14.9 Å². The molecule has 0 saturated carbocycles. The summed E-state index contributed by atoms with van der Waals surface area (Å²) in [7, 11) is 3.50. The lowest BCUT2D eigenvalue weighted by atomic mass is 9.92. The van der Waals surface area contributed by atoms with Crippen LogP contribution in [0.15, 0.2) is 29.2 Å². The molecule has 0 amide bonds. The zero-order valence-electron chi connectivity index (χ0n) is 8.93. The Balaban J connectivity index is 2.92. The minimum atomic E-state index is -0.499. The van der Waals surface area contributed by atoms with Crippen LogP contribution in [0.1, 0.15) is 0 Å². The van der Waals surface area contributed by atoms with Gasteiger partial charge in [0.25, 0.3) is 11.2 Å². The first-order valence-corrected chi connectivity index (χ1v) is 4.75. The molecule has 1 aromatic carbocycles. The van der Waals surface area contributed by atoms with Gasteiger partial charge < -0.3 is 4.57 Å². The number of aryl methyl sites for hydroxylation is 1. The lowest BCUT2D eigenvalue weighted by Gasteiger charge is -2.05. The van der Waals surface area contributed by atoms with E-state index in [0.29, 0.717) is 5.39 Å². The fourth-order valence-electron chi connectivity index (χ4n) is 1.78. The number of nitro benzene ring substituents is 1. The van der Waals surface area contributed by atoms with Crippen LogP contribution >= 0.6 is 0 Å². The first kappa shape index (κ1) is 10.4. The van der Waals surface area contributed by atoms with Crippen LogP contribution in [0.2, 0.25) is 0 Å². The molecule has 0 aliphatic rings. The second kappa shape index (κ2) is 3.48. The molecular weight excluding hydrogens is 207 g/mol. The summed E-state index contributed by atoms with van der Waals surface area (Å²) in [5.41, 5.74) is 0.645. The van der Waals surface area contributed by atoms with Crippen molar-refractivity contribution in [1.82, 2.24) is 4.57 Å². The normalized spacial score (nSPS) is 10.6. The van der Waals surface area contributed by atoms with Crippen molar-refractivity contribution < 1.29 is 4.92 Å². The quantitative estimate of drug-likeness (QED) is 0.373. The lowest BCUT2D eigenvalue weighted by molar-refractivity contribution is -0.384. The number of nitrogens with zero attached hydrogens (tertiary/aromatic N) is 2. The average molecular weight is 216 g/mol. The molecular formula is C10H9BN2O3. The fourth-order valence-corrected chi connectivity index (χ4v) is 1.78. The van der Waals surface area contributed by atoms with Crippen molar-refractivity contribution in [1.29, 1.82) is 0 Å². The molecule has 0 saturated heterocycles. The molecule has 5 nitrogen and oxygen atoms in total. The van der Waals surface area contributed by atoms with E-state index in [2.05, 4.69) is 0 Å². The number of hydrogen-bond donors (Lipinski definition) is 0. The predicted molar refractivity (Wildman–Crippen MR) is 64.0 cm³/mol. The lowest BCUT2D eigenvalue weighted by Crippen LogP contribution is -2.23. The van der Waals surface area contributed by atoms with Crippen molar-refractivity contribution >= 4 is 29.8 Å². The van der Waals surface area contributed by atoms with E-state index in [0.717, 1.165) is 10.8 Å². The molecule has 0 aliphatic heterocycles. The molecule has 0 bridgehead atoms. The van der Waals surface area contributed by atoms with Crippen molar-refractivity contribution in [2.75, 3.05) is 0 Å². The monoisotopic (exact) mass is 216 g/mol. The Kier molecular flexibility index (Phi) is 2.27. The third-order valence-corrected chi connectivity index (χ3v) is 2.58. The van der Waals surface area contributed by atoms with Crippen molar-refractivity contribution in [2.45, 2.75) is 0 Å². The minimum absolute atomic E-state index is 0.0600. The van der Waals surface area contributed by atoms with Crippen molar-refractivity contribution in [3.05, 3.63) is 44.9 Å². The first-order valence-electron chi connectivity index (χ1n) is 4.75. The van der Waals surface area contributed by atoms with Crippen molar-refractivity contribution in [3.8, 4) is 0 Å². The van der Waals surface area contributed by atoms with Crippen LogP contribution in [0.3, 0.4) is 0 Å². The summed E-state index contributed by atoms with van der Waals surface area (Å²) in [5, 5.41) is 11.8. The van der Waals surface area contributed by atoms with E-state index in [1.165, 1.54) is 16.7 Å². The molecule has 0 atom stereocenters. The van der Waals surface area contributed by atoms with Crippen LogP contribution in [0.4, 0.5) is 5.69 Å². The second-order valence-corrected chi connectivity index (χ2v) is 3.72. The third-order valence-electron chi connectivity index (χ3n) is 2.58. The van der Waals surface area contributed by atoms with Crippen LogP contribution in [-0.2, 0) is 7.05 Å². The van der Waals surface area contributed by atoms with E-state index >= 15 is 0 Å². The summed E-state index contributed by atoms with van der Waals surface area (Å²) in [6.07, 6.45) is 1.72. The Morgan fingerprint density at radius 3 is 2.69 bits per heavy atom. The number of pyridine rings is 1. The molecule has 1 heterocycles. The highest BCUT2D eigenvalue weighted by Crippen LogP contribution is 2.16. The number of benzene rings is 1. The van der Waals surface area contributed by atoms with Gasteiger partial charge in [-0.1, -0.05) is 5.46 Å². The van der Waals surface area contributed by atoms with Gasteiger partial charge >= 0.3 is 0 Å². The van der Waals surface area contributed by atoms with E-state index in [4.69, 9.17) is 0 Å².